The summed E-state index contributed by atoms with van der Waals surface area (Å²) in [6, 6.07) is 6.87. The Bertz CT molecular complexity index is 866. The Morgan fingerprint density at radius 1 is 1.39 bits per heavy atom. The number of β-amino-alcohol motifs (C(OH)–C–C–N with tert-alkyl or cyclic N) is 1. The lowest BCUT2D eigenvalue weighted by molar-refractivity contribution is 0.0560. The summed E-state index contributed by atoms with van der Waals surface area (Å²) in [4.78, 5) is 6.35. The van der Waals surface area contributed by atoms with Crippen LogP contribution in [0.2, 0.25) is 0 Å². The molecule has 118 valence electrons. The first-order valence-corrected chi connectivity index (χ1v) is 7.46. The fraction of sp³-hybridized carbons (Fsp3) is 0.312. The molecule has 2 aromatic heterocycles. The first-order chi connectivity index (χ1) is 11.1. The van der Waals surface area contributed by atoms with Crippen molar-refractivity contribution in [2.45, 2.75) is 18.9 Å². The van der Waals surface area contributed by atoms with Crippen molar-refractivity contribution < 1.29 is 9.50 Å². The molecular formula is C16H16FN5O. The van der Waals surface area contributed by atoms with Gasteiger partial charge in [0, 0.05) is 29.7 Å². The Labute approximate surface area is 132 Å². The number of para-hydroxylation sites is 1. The van der Waals surface area contributed by atoms with Crippen LogP contribution in [0.3, 0.4) is 0 Å². The third kappa shape index (κ3) is 2.24. The van der Waals surface area contributed by atoms with E-state index in [1.807, 2.05) is 24.0 Å². The van der Waals surface area contributed by atoms with Crippen LogP contribution < -0.4 is 4.90 Å². The summed E-state index contributed by atoms with van der Waals surface area (Å²) in [5.74, 6) is -0.335. The average Bonchev–Trinajstić information content (AvgIpc) is 3.18. The fourth-order valence-corrected chi connectivity index (χ4v) is 3.22. The molecule has 0 saturated carbocycles. The van der Waals surface area contributed by atoms with Crippen LogP contribution in [0.15, 0.2) is 30.5 Å². The van der Waals surface area contributed by atoms with Crippen LogP contribution in [-0.4, -0.2) is 38.6 Å². The van der Waals surface area contributed by atoms with E-state index < -0.39 is 5.60 Å². The quantitative estimate of drug-likeness (QED) is 0.755. The van der Waals surface area contributed by atoms with Crippen LogP contribution in [0.4, 0.5) is 10.1 Å². The van der Waals surface area contributed by atoms with Gasteiger partial charge in [-0.15, -0.1) is 0 Å². The molecule has 7 heteroatoms. The van der Waals surface area contributed by atoms with E-state index in [0.717, 1.165) is 16.8 Å². The summed E-state index contributed by atoms with van der Waals surface area (Å²) in [6.45, 7) is 2.88. The zero-order valence-electron chi connectivity index (χ0n) is 12.6. The van der Waals surface area contributed by atoms with Gasteiger partial charge < -0.3 is 10.0 Å². The van der Waals surface area contributed by atoms with E-state index in [9.17, 15) is 9.50 Å². The number of nitrogens with one attached hydrogen (secondary N) is 1. The van der Waals surface area contributed by atoms with Crippen molar-refractivity contribution in [1.29, 1.82) is 0 Å². The lowest BCUT2D eigenvalue weighted by atomic mass is 10.00. The molecule has 1 saturated heterocycles. The second-order valence-corrected chi connectivity index (χ2v) is 5.98. The molecule has 6 nitrogen and oxygen atoms in total. The number of hydrogen-bond acceptors (Lipinski definition) is 5. The van der Waals surface area contributed by atoms with Crippen LogP contribution >= 0.6 is 0 Å². The fourth-order valence-electron chi connectivity index (χ4n) is 3.22. The molecule has 3 aromatic rings. The second kappa shape index (κ2) is 4.99. The topological polar surface area (TPSA) is 77.9 Å². The van der Waals surface area contributed by atoms with E-state index in [-0.39, 0.29) is 5.82 Å². The maximum absolute atomic E-state index is 14.1. The average molecular weight is 313 g/mol. The first-order valence-electron chi connectivity index (χ1n) is 7.46. The minimum Gasteiger partial charge on any atom is -0.381 e. The number of fused-ring (bicyclic) bond motifs is 1. The van der Waals surface area contributed by atoms with Crippen LogP contribution in [0.25, 0.3) is 10.9 Å². The summed E-state index contributed by atoms with van der Waals surface area (Å²) < 4.78 is 14.1. The maximum atomic E-state index is 14.1. The molecular weight excluding hydrogens is 297 g/mol. The number of nitrogens with zero attached hydrogens (tertiary/aromatic N) is 4. The monoisotopic (exact) mass is 313 g/mol. The lowest BCUT2D eigenvalue weighted by Gasteiger charge is -2.24. The highest BCUT2D eigenvalue weighted by Crippen LogP contribution is 2.36. The molecule has 2 N–H and O–H groups in total. The predicted octanol–water partition coefficient (Wildman–Crippen LogP) is 1.90. The number of rotatable bonds is 2. The van der Waals surface area contributed by atoms with Gasteiger partial charge in [0.05, 0.1) is 12.7 Å². The molecule has 1 fully saturated rings. The Kier molecular flexibility index (Phi) is 3.05. The molecule has 1 aliphatic heterocycles. The van der Waals surface area contributed by atoms with Gasteiger partial charge in [-0.2, -0.15) is 15.4 Å². The van der Waals surface area contributed by atoms with Crippen molar-refractivity contribution in [2.24, 2.45) is 0 Å². The molecule has 1 aliphatic rings. The van der Waals surface area contributed by atoms with Crippen LogP contribution in [0, 0.1) is 12.7 Å². The molecule has 1 aromatic carbocycles. The van der Waals surface area contributed by atoms with E-state index in [1.54, 1.807) is 12.3 Å². The van der Waals surface area contributed by atoms with E-state index in [1.165, 1.54) is 6.07 Å². The van der Waals surface area contributed by atoms with Crippen molar-refractivity contribution in [1.82, 2.24) is 20.4 Å². The third-order valence-electron chi connectivity index (χ3n) is 4.38. The van der Waals surface area contributed by atoms with E-state index >= 15 is 0 Å². The Hall–Kier alpha value is -2.54. The molecule has 0 unspecified atom stereocenters. The molecule has 1 atom stereocenters. The highest BCUT2D eigenvalue weighted by atomic mass is 19.1. The van der Waals surface area contributed by atoms with Gasteiger partial charge >= 0.3 is 0 Å². The Morgan fingerprint density at radius 3 is 3.04 bits per heavy atom. The largest absolute Gasteiger partial charge is 0.381 e. The van der Waals surface area contributed by atoms with Crippen molar-refractivity contribution in [2.75, 3.05) is 18.0 Å². The van der Waals surface area contributed by atoms with Gasteiger partial charge in [0.2, 0.25) is 0 Å². The lowest BCUT2D eigenvalue weighted by Crippen LogP contribution is -2.31. The van der Waals surface area contributed by atoms with Gasteiger partial charge in [-0.3, -0.25) is 0 Å². The molecule has 0 amide bonds. The summed E-state index contributed by atoms with van der Waals surface area (Å²) in [5.41, 5.74) is 1.46. The van der Waals surface area contributed by atoms with Gasteiger partial charge in [-0.1, -0.05) is 12.1 Å². The van der Waals surface area contributed by atoms with Crippen molar-refractivity contribution in [3.8, 4) is 0 Å². The smallest absolute Gasteiger partial charge is 0.149 e. The standard InChI is InChI=1S/C16H16FN5O/c1-10-7-13(11-3-2-4-12(17)15(11)19-10)22-6-5-16(23,9-22)14-8-18-21-20-14/h2-4,7-8,23H,5-6,9H2,1H3,(H,18,20,21)/t16-/m1/s1. The molecule has 0 spiro atoms. The normalized spacial score (nSPS) is 21.3. The summed E-state index contributed by atoms with van der Waals surface area (Å²) in [5, 5.41) is 21.9. The Balaban J connectivity index is 1.78. The second-order valence-electron chi connectivity index (χ2n) is 5.98. The van der Waals surface area contributed by atoms with Crippen LogP contribution in [0.1, 0.15) is 17.8 Å². The summed E-state index contributed by atoms with van der Waals surface area (Å²) >= 11 is 0. The highest BCUT2D eigenvalue weighted by molar-refractivity contribution is 5.92. The van der Waals surface area contributed by atoms with E-state index in [4.69, 9.17) is 0 Å². The molecule has 0 radical (unpaired) electrons. The number of benzene rings is 1. The number of pyridine rings is 1. The number of anilines is 1. The van der Waals surface area contributed by atoms with Gasteiger partial charge in [-0.05, 0) is 19.1 Å². The van der Waals surface area contributed by atoms with Crippen LogP contribution in [-0.2, 0) is 5.60 Å². The van der Waals surface area contributed by atoms with Crippen molar-refractivity contribution >= 4 is 16.6 Å². The minimum atomic E-state index is -1.05. The number of aryl methyl sites for hydroxylation is 1. The van der Waals surface area contributed by atoms with E-state index in [2.05, 4.69) is 20.4 Å². The molecule has 4 rings (SSSR count). The maximum Gasteiger partial charge on any atom is 0.149 e. The Morgan fingerprint density at radius 2 is 2.26 bits per heavy atom. The van der Waals surface area contributed by atoms with Crippen molar-refractivity contribution in [3.05, 3.63) is 47.7 Å². The van der Waals surface area contributed by atoms with Gasteiger partial charge in [0.25, 0.3) is 0 Å². The molecule has 3 heterocycles. The SMILES string of the molecule is Cc1cc(N2CC[C@](O)(c3cn[nH]n3)C2)c2cccc(F)c2n1. The number of H-pyrrole nitrogens is 1. The summed E-state index contributed by atoms with van der Waals surface area (Å²) in [6.07, 6.45) is 2.08. The predicted molar refractivity (Wildman–Crippen MR) is 83.5 cm³/mol. The first kappa shape index (κ1) is 14.1. The number of aliphatic hydroxyl groups is 1. The van der Waals surface area contributed by atoms with Gasteiger partial charge in [0.1, 0.15) is 22.6 Å². The molecule has 0 bridgehead atoms. The zero-order valence-corrected chi connectivity index (χ0v) is 12.6. The van der Waals surface area contributed by atoms with Gasteiger partial charge in [-0.25, -0.2) is 9.37 Å². The highest BCUT2D eigenvalue weighted by Gasteiger charge is 2.40. The number of hydrogen-bond donors (Lipinski definition) is 2. The summed E-state index contributed by atoms with van der Waals surface area (Å²) in [7, 11) is 0. The van der Waals surface area contributed by atoms with Crippen LogP contribution in [0.5, 0.6) is 0 Å². The van der Waals surface area contributed by atoms with Gasteiger partial charge in [0.15, 0.2) is 0 Å². The number of aromatic amines is 1. The minimum absolute atomic E-state index is 0.335. The zero-order chi connectivity index (χ0) is 16.0. The number of aromatic nitrogens is 4. The van der Waals surface area contributed by atoms with E-state index in [0.29, 0.717) is 30.7 Å². The number of halogens is 1. The third-order valence-corrected chi connectivity index (χ3v) is 4.38. The molecule has 0 aliphatic carbocycles. The molecule has 23 heavy (non-hydrogen) atoms. The van der Waals surface area contributed by atoms with Crippen molar-refractivity contribution in [3.63, 3.8) is 0 Å².